The van der Waals surface area contributed by atoms with Gasteiger partial charge in [0.05, 0.1) is 0 Å². The van der Waals surface area contributed by atoms with Crippen molar-refractivity contribution in [1.82, 2.24) is 5.32 Å². The third-order valence-electron chi connectivity index (χ3n) is 1.05. The summed E-state index contributed by atoms with van der Waals surface area (Å²) in [6.45, 7) is 0. The highest BCUT2D eigenvalue weighted by Gasteiger charge is 2.01. The average molecular weight is 260 g/mol. The smallest absolute Gasteiger partial charge is 0.318 e. The van der Waals surface area contributed by atoms with E-state index in [1.165, 1.54) is 0 Å². The summed E-state index contributed by atoms with van der Waals surface area (Å²) in [5.41, 5.74) is 4.72. The Hall–Kier alpha value is -0.290. The lowest BCUT2D eigenvalue weighted by Crippen LogP contribution is -2.34. The molecular weight excluding hydrogens is 247 g/mol. The Balaban J connectivity index is 0. The maximum absolute atomic E-state index is 10.7. The van der Waals surface area contributed by atoms with Gasteiger partial charge in [0, 0.05) is 11.8 Å². The lowest BCUT2D eigenvalue weighted by Gasteiger charge is -1.98. The number of carbonyl (C=O) groups excluding carboxylic acids is 2. The van der Waals surface area contributed by atoms with E-state index in [0.29, 0.717) is 6.42 Å². The van der Waals surface area contributed by atoms with E-state index in [2.05, 4.69) is 15.9 Å². The number of unbranched alkanes of at least 4 members (excludes halogenated alkanes) is 1. The number of carbonyl (C=O) groups is 2. The van der Waals surface area contributed by atoms with E-state index in [0.717, 1.165) is 18.2 Å². The van der Waals surface area contributed by atoms with Crippen LogP contribution >= 0.6 is 28.3 Å². The van der Waals surface area contributed by atoms with Crippen LogP contribution in [0.25, 0.3) is 0 Å². The minimum absolute atomic E-state index is 0. The number of urea groups is 1. The molecule has 0 aliphatic heterocycles. The van der Waals surface area contributed by atoms with Gasteiger partial charge in [-0.25, -0.2) is 4.79 Å². The molecule has 0 saturated carbocycles. The molecule has 0 aromatic rings. The Kier molecular flexibility index (Phi) is 10.5. The standard InChI is InChI=1S/C6H11BrN2O2.ClH/c7-4-2-1-3-5(10)9-6(8)11;/h1-4H2,(H3,8,9,10,11);1H. The molecule has 0 aliphatic rings. The molecule has 0 unspecified atom stereocenters. The zero-order valence-corrected chi connectivity index (χ0v) is 8.91. The van der Waals surface area contributed by atoms with E-state index < -0.39 is 6.03 Å². The zero-order valence-electron chi connectivity index (χ0n) is 6.51. The average Bonchev–Trinajstić information content (AvgIpc) is 1.86. The van der Waals surface area contributed by atoms with Gasteiger partial charge in [-0.2, -0.15) is 0 Å². The van der Waals surface area contributed by atoms with Crippen LogP contribution in [0, 0.1) is 0 Å². The van der Waals surface area contributed by atoms with Crippen LogP contribution in [0.1, 0.15) is 19.3 Å². The van der Waals surface area contributed by atoms with Gasteiger partial charge in [-0.3, -0.25) is 10.1 Å². The number of alkyl halides is 1. The molecule has 0 fully saturated rings. The molecule has 0 heterocycles. The fourth-order valence-electron chi connectivity index (χ4n) is 0.580. The number of amides is 3. The molecule has 72 valence electrons. The monoisotopic (exact) mass is 258 g/mol. The summed E-state index contributed by atoms with van der Waals surface area (Å²) in [5.74, 6) is -0.307. The molecule has 0 bridgehead atoms. The van der Waals surface area contributed by atoms with Gasteiger partial charge in [-0.05, 0) is 12.8 Å². The van der Waals surface area contributed by atoms with Crippen LogP contribution < -0.4 is 11.1 Å². The molecule has 6 heteroatoms. The minimum Gasteiger partial charge on any atom is -0.351 e. The molecule has 0 atom stereocenters. The van der Waals surface area contributed by atoms with Crippen LogP contribution in [0.3, 0.4) is 0 Å². The molecule has 0 spiro atoms. The molecule has 4 nitrogen and oxygen atoms in total. The van der Waals surface area contributed by atoms with Gasteiger partial charge in [-0.15, -0.1) is 12.4 Å². The summed E-state index contributed by atoms with van der Waals surface area (Å²) < 4.78 is 0. The van der Waals surface area contributed by atoms with Crippen LogP contribution in [0.15, 0.2) is 0 Å². The molecule has 12 heavy (non-hydrogen) atoms. The largest absolute Gasteiger partial charge is 0.351 e. The third kappa shape index (κ3) is 9.71. The van der Waals surface area contributed by atoms with E-state index >= 15 is 0 Å². The number of hydrogen-bond donors (Lipinski definition) is 2. The Morgan fingerprint density at radius 1 is 1.33 bits per heavy atom. The molecule has 0 radical (unpaired) electrons. The van der Waals surface area contributed by atoms with Crippen molar-refractivity contribution in [2.45, 2.75) is 19.3 Å². The lowest BCUT2D eigenvalue weighted by molar-refractivity contribution is -0.120. The van der Waals surface area contributed by atoms with Gasteiger partial charge in [0.2, 0.25) is 5.91 Å². The SMILES string of the molecule is Cl.NC(=O)NC(=O)CCCCBr. The highest BCUT2D eigenvalue weighted by molar-refractivity contribution is 9.09. The van der Waals surface area contributed by atoms with E-state index in [4.69, 9.17) is 5.73 Å². The first-order valence-electron chi connectivity index (χ1n) is 3.32. The van der Waals surface area contributed by atoms with Crippen LogP contribution in [-0.2, 0) is 4.79 Å². The highest BCUT2D eigenvalue weighted by atomic mass is 79.9. The van der Waals surface area contributed by atoms with Gasteiger partial charge in [0.15, 0.2) is 0 Å². The van der Waals surface area contributed by atoms with Crippen LogP contribution in [0.2, 0.25) is 0 Å². The third-order valence-corrected chi connectivity index (χ3v) is 1.61. The van der Waals surface area contributed by atoms with Gasteiger partial charge in [0.1, 0.15) is 0 Å². The fraction of sp³-hybridized carbons (Fsp3) is 0.667. The first-order chi connectivity index (χ1) is 5.16. The topological polar surface area (TPSA) is 72.2 Å². The number of rotatable bonds is 4. The van der Waals surface area contributed by atoms with Crippen LogP contribution in [0.4, 0.5) is 4.79 Å². The van der Waals surface area contributed by atoms with Crippen molar-refractivity contribution < 1.29 is 9.59 Å². The predicted octanol–water partition coefficient (Wildman–Crippen LogP) is 1.17. The maximum atomic E-state index is 10.7. The summed E-state index contributed by atoms with van der Waals surface area (Å²) in [4.78, 5) is 20.8. The molecule has 0 aromatic carbocycles. The van der Waals surface area contributed by atoms with Crippen molar-refractivity contribution in [3.63, 3.8) is 0 Å². The van der Waals surface area contributed by atoms with E-state index in [1.54, 1.807) is 0 Å². The van der Waals surface area contributed by atoms with Crippen molar-refractivity contribution in [1.29, 1.82) is 0 Å². The first-order valence-corrected chi connectivity index (χ1v) is 4.44. The zero-order chi connectivity index (χ0) is 8.69. The van der Waals surface area contributed by atoms with Gasteiger partial charge < -0.3 is 5.73 Å². The number of nitrogens with one attached hydrogen (secondary N) is 1. The highest BCUT2D eigenvalue weighted by Crippen LogP contribution is 1.97. The molecular formula is C6H12BrClN2O2. The number of halogens is 2. The van der Waals surface area contributed by atoms with Gasteiger partial charge >= 0.3 is 6.03 Å². The normalized spacial score (nSPS) is 8.42. The van der Waals surface area contributed by atoms with Gasteiger partial charge in [0.25, 0.3) is 0 Å². The summed E-state index contributed by atoms with van der Waals surface area (Å²) in [6, 6.07) is -0.783. The van der Waals surface area contributed by atoms with Crippen molar-refractivity contribution in [3.05, 3.63) is 0 Å². The van der Waals surface area contributed by atoms with Gasteiger partial charge in [-0.1, -0.05) is 15.9 Å². The lowest BCUT2D eigenvalue weighted by atomic mass is 10.2. The fourth-order valence-corrected chi connectivity index (χ4v) is 0.976. The Labute approximate surface area is 85.8 Å². The summed E-state index contributed by atoms with van der Waals surface area (Å²) in [7, 11) is 0. The molecule has 0 aliphatic carbocycles. The van der Waals surface area contributed by atoms with E-state index in [1.807, 2.05) is 5.32 Å². The maximum Gasteiger partial charge on any atom is 0.318 e. The van der Waals surface area contributed by atoms with Crippen molar-refractivity contribution >= 4 is 40.3 Å². The summed E-state index contributed by atoms with van der Waals surface area (Å²) >= 11 is 3.23. The first kappa shape index (κ1) is 14.2. The number of hydrogen-bond acceptors (Lipinski definition) is 2. The quantitative estimate of drug-likeness (QED) is 0.587. The molecule has 3 N–H and O–H groups in total. The predicted molar refractivity (Wildman–Crippen MR) is 52.6 cm³/mol. The number of nitrogens with two attached hydrogens (primary N) is 1. The van der Waals surface area contributed by atoms with E-state index in [9.17, 15) is 9.59 Å². The number of primary amides is 1. The van der Waals surface area contributed by atoms with Crippen LogP contribution in [0.5, 0.6) is 0 Å². The van der Waals surface area contributed by atoms with Crippen molar-refractivity contribution in [3.8, 4) is 0 Å². The summed E-state index contributed by atoms with van der Waals surface area (Å²) in [5, 5.41) is 2.86. The second kappa shape index (κ2) is 8.80. The molecule has 0 saturated heterocycles. The second-order valence-electron chi connectivity index (χ2n) is 2.06. The minimum atomic E-state index is -0.783. The molecule has 0 aromatic heterocycles. The Bertz CT molecular complexity index is 154. The molecule has 0 rings (SSSR count). The molecule has 3 amide bonds. The second-order valence-corrected chi connectivity index (χ2v) is 2.85. The van der Waals surface area contributed by atoms with Crippen LogP contribution in [-0.4, -0.2) is 17.3 Å². The number of imide groups is 1. The van der Waals surface area contributed by atoms with Crippen molar-refractivity contribution in [2.75, 3.05) is 5.33 Å². The summed E-state index contributed by atoms with van der Waals surface area (Å²) in [6.07, 6.45) is 2.05. The van der Waals surface area contributed by atoms with E-state index in [-0.39, 0.29) is 18.3 Å². The Morgan fingerprint density at radius 3 is 2.33 bits per heavy atom. The Morgan fingerprint density at radius 2 is 1.92 bits per heavy atom. The van der Waals surface area contributed by atoms with Crippen molar-refractivity contribution in [2.24, 2.45) is 5.73 Å².